The van der Waals surface area contributed by atoms with Gasteiger partial charge in [0.2, 0.25) is 0 Å². The van der Waals surface area contributed by atoms with Crippen LogP contribution in [-0.4, -0.2) is 33.3 Å². The van der Waals surface area contributed by atoms with Gasteiger partial charge in [0.15, 0.2) is 5.78 Å². The van der Waals surface area contributed by atoms with Crippen molar-refractivity contribution in [3.63, 3.8) is 0 Å². The van der Waals surface area contributed by atoms with Crippen molar-refractivity contribution in [3.8, 4) is 0 Å². The maximum Gasteiger partial charge on any atom is 0.329 e. The smallest absolute Gasteiger partial charge is 0.329 e. The van der Waals surface area contributed by atoms with Gasteiger partial charge in [-0.05, 0) is 65.2 Å². The molecule has 3 aliphatic rings. The Morgan fingerprint density at radius 3 is 2.23 bits per heavy atom. The number of halogens is 3. The number of carbonyl (C=O) groups is 3. The van der Waals surface area contributed by atoms with Crippen LogP contribution < -0.4 is 10.6 Å². The number of ketones is 1. The first-order chi connectivity index (χ1) is 18.7. The van der Waals surface area contributed by atoms with Gasteiger partial charge in [-0.1, -0.05) is 67.4 Å². The predicted octanol–water partition coefficient (Wildman–Crippen LogP) is 6.93. The third-order valence-corrected chi connectivity index (χ3v) is 9.93. The summed E-state index contributed by atoms with van der Waals surface area (Å²) >= 11 is 15.7. The molecule has 7 nitrogen and oxygen atoms in total. The zero-order chi connectivity index (χ0) is 27.8. The number of benzene rings is 1. The molecule has 5 rings (SSSR count). The first-order valence-electron chi connectivity index (χ1n) is 13.3. The Balaban J connectivity index is 1.41. The minimum atomic E-state index is -1.25. The van der Waals surface area contributed by atoms with Crippen LogP contribution in [0.4, 0.5) is 5.69 Å². The number of carboxylic acid groups (broad SMARTS) is 1. The number of hydrogen-bond acceptors (Lipinski definition) is 5. The normalized spacial score (nSPS) is 20.4. The van der Waals surface area contributed by atoms with E-state index in [1.807, 2.05) is 12.1 Å². The van der Waals surface area contributed by atoms with E-state index in [0.29, 0.717) is 10.2 Å². The highest BCUT2D eigenvalue weighted by molar-refractivity contribution is 9.12. The van der Waals surface area contributed by atoms with Gasteiger partial charge in [0.25, 0.3) is 5.91 Å². The van der Waals surface area contributed by atoms with Crippen LogP contribution in [0.3, 0.4) is 0 Å². The summed E-state index contributed by atoms with van der Waals surface area (Å²) in [5, 5.41) is 17.3. The van der Waals surface area contributed by atoms with E-state index in [1.54, 1.807) is 12.1 Å². The lowest BCUT2D eigenvalue weighted by Gasteiger charge is -2.49. The molecule has 0 bridgehead atoms. The van der Waals surface area contributed by atoms with Crippen molar-refractivity contribution in [2.24, 2.45) is 11.3 Å². The molecule has 0 unspecified atom stereocenters. The van der Waals surface area contributed by atoms with Crippen molar-refractivity contribution in [2.45, 2.75) is 69.7 Å². The zero-order valence-electron chi connectivity index (χ0n) is 21.4. The Kier molecular flexibility index (Phi) is 8.09. The van der Waals surface area contributed by atoms with Gasteiger partial charge in [-0.25, -0.2) is 4.79 Å². The third kappa shape index (κ3) is 5.11. The maximum atomic E-state index is 13.1. The van der Waals surface area contributed by atoms with E-state index in [2.05, 4.69) is 31.5 Å². The number of nitrogens with one attached hydrogen (secondary N) is 2. The Hall–Kier alpha value is -2.42. The lowest BCUT2D eigenvalue weighted by molar-refractivity contribution is -0.148. The van der Waals surface area contributed by atoms with Crippen molar-refractivity contribution in [3.05, 3.63) is 68.0 Å². The van der Waals surface area contributed by atoms with E-state index in [-0.39, 0.29) is 33.7 Å². The van der Waals surface area contributed by atoms with Crippen LogP contribution in [0.5, 0.6) is 0 Å². The molecule has 1 spiro atoms. The number of nitrogens with zero attached hydrogens (tertiary/aromatic N) is 1. The van der Waals surface area contributed by atoms with Gasteiger partial charge >= 0.3 is 5.97 Å². The molecule has 3 N–H and O–H groups in total. The van der Waals surface area contributed by atoms with E-state index in [9.17, 15) is 19.5 Å². The number of pyridine rings is 1. The first kappa shape index (κ1) is 28.1. The highest BCUT2D eigenvalue weighted by atomic mass is 79.9. The van der Waals surface area contributed by atoms with Crippen molar-refractivity contribution in [1.29, 1.82) is 0 Å². The molecule has 0 aliphatic heterocycles. The number of carboxylic acids is 1. The second kappa shape index (κ2) is 11.2. The molecule has 1 heterocycles. The summed E-state index contributed by atoms with van der Waals surface area (Å²) in [6, 6.07) is 7.13. The monoisotopic (exact) mass is 633 g/mol. The quantitative estimate of drug-likeness (QED) is 0.291. The molecule has 0 saturated heterocycles. The molecule has 2 saturated carbocycles. The van der Waals surface area contributed by atoms with Gasteiger partial charge in [0.05, 0.1) is 25.5 Å². The second-order valence-corrected chi connectivity index (χ2v) is 12.5. The number of carbonyl (C=O) groups excluding carboxylic acids is 2. The van der Waals surface area contributed by atoms with Crippen LogP contribution in [0.25, 0.3) is 0 Å². The van der Waals surface area contributed by atoms with E-state index in [1.165, 1.54) is 12.4 Å². The van der Waals surface area contributed by atoms with E-state index >= 15 is 0 Å². The van der Waals surface area contributed by atoms with Crippen molar-refractivity contribution in [1.82, 2.24) is 10.3 Å². The largest absolute Gasteiger partial charge is 0.479 e. The number of rotatable bonds is 8. The fourth-order valence-electron chi connectivity index (χ4n) is 6.48. The number of anilines is 1. The molecule has 1 aromatic carbocycles. The summed E-state index contributed by atoms with van der Waals surface area (Å²) in [7, 11) is 0. The van der Waals surface area contributed by atoms with Gasteiger partial charge in [0, 0.05) is 30.2 Å². The van der Waals surface area contributed by atoms with Crippen LogP contribution in [0.1, 0.15) is 73.7 Å². The molecule has 1 amide bonds. The van der Waals surface area contributed by atoms with E-state index < -0.39 is 22.8 Å². The third-order valence-electron chi connectivity index (χ3n) is 8.60. The van der Waals surface area contributed by atoms with Crippen LogP contribution in [0.15, 0.2) is 46.8 Å². The van der Waals surface area contributed by atoms with Gasteiger partial charge in [-0.3, -0.25) is 14.6 Å². The molecule has 2 fully saturated rings. The molecule has 1 aromatic heterocycles. The summed E-state index contributed by atoms with van der Waals surface area (Å²) in [6.07, 6.45) is 11.1. The first-order valence-corrected chi connectivity index (χ1v) is 14.9. The molecular formula is C29H30BrCl2N3O4. The summed E-state index contributed by atoms with van der Waals surface area (Å²) in [5.41, 5.74) is 0.391. The Morgan fingerprint density at radius 2 is 1.64 bits per heavy atom. The zero-order valence-corrected chi connectivity index (χ0v) is 24.5. The predicted molar refractivity (Wildman–Crippen MR) is 154 cm³/mol. The average molecular weight is 635 g/mol. The van der Waals surface area contributed by atoms with E-state index in [4.69, 9.17) is 23.2 Å². The van der Waals surface area contributed by atoms with Crippen molar-refractivity contribution in [2.75, 3.05) is 5.32 Å². The lowest BCUT2D eigenvalue weighted by atomic mass is 9.61. The molecule has 39 heavy (non-hydrogen) atoms. The number of amides is 1. The maximum absolute atomic E-state index is 13.1. The van der Waals surface area contributed by atoms with Crippen LogP contribution in [-0.2, 0) is 16.0 Å². The number of aliphatic carboxylic acids is 1. The van der Waals surface area contributed by atoms with Gasteiger partial charge in [0.1, 0.15) is 5.54 Å². The van der Waals surface area contributed by atoms with Gasteiger partial charge < -0.3 is 15.7 Å². The molecule has 0 radical (unpaired) electrons. The number of allylic oxidation sites excluding steroid dienone is 2. The fraction of sp³-hybridized carbons (Fsp3) is 0.448. The molecular weight excluding hydrogens is 605 g/mol. The molecule has 206 valence electrons. The van der Waals surface area contributed by atoms with Gasteiger partial charge in [-0.15, -0.1) is 0 Å². The fourth-order valence-corrected chi connectivity index (χ4v) is 7.87. The van der Waals surface area contributed by atoms with Crippen molar-refractivity contribution >= 4 is 62.5 Å². The standard InChI is InChI=1S/C29H30BrCl2N3O4/c30-23-24(28(25(23)36)12-4-1-5-13-28)35-29(27(38)39,18-6-2-3-7-18)14-17-8-10-19(11-9-17)34-26(37)22-20(31)15-33-16-21(22)32/h8-11,15-16,18,35H,1-7,12-14H2,(H,34,37)(H,38,39)/t29-/m0/s1. The Morgan fingerprint density at radius 1 is 1.03 bits per heavy atom. The van der Waals surface area contributed by atoms with Gasteiger partial charge in [-0.2, -0.15) is 0 Å². The number of hydrogen-bond donors (Lipinski definition) is 3. The van der Waals surface area contributed by atoms with Crippen LogP contribution in [0, 0.1) is 11.3 Å². The lowest BCUT2D eigenvalue weighted by Crippen LogP contribution is -2.63. The Bertz CT molecular complexity index is 1310. The van der Waals surface area contributed by atoms with Crippen LogP contribution in [0.2, 0.25) is 10.0 Å². The van der Waals surface area contributed by atoms with Crippen molar-refractivity contribution < 1.29 is 19.5 Å². The Labute approximate surface area is 245 Å². The minimum absolute atomic E-state index is 0.0745. The summed E-state index contributed by atoms with van der Waals surface area (Å²) in [4.78, 5) is 42.8. The summed E-state index contributed by atoms with van der Waals surface area (Å²) in [5.74, 6) is -1.36. The second-order valence-electron chi connectivity index (χ2n) is 10.8. The van der Waals surface area contributed by atoms with Crippen LogP contribution >= 0.6 is 39.1 Å². The number of Topliss-reactive ketones (excluding diaryl/α,β-unsaturated/α-hetero) is 1. The average Bonchev–Trinajstić information content (AvgIpc) is 3.47. The van der Waals surface area contributed by atoms with E-state index in [0.717, 1.165) is 69.0 Å². The molecule has 1 atom stereocenters. The highest BCUT2D eigenvalue weighted by Crippen LogP contribution is 2.54. The topological polar surface area (TPSA) is 108 Å². The number of aromatic nitrogens is 1. The minimum Gasteiger partial charge on any atom is -0.479 e. The molecule has 3 aliphatic carbocycles. The highest BCUT2D eigenvalue weighted by Gasteiger charge is 2.57. The molecule has 2 aromatic rings. The summed E-state index contributed by atoms with van der Waals surface area (Å²) in [6.45, 7) is 0. The molecule has 10 heteroatoms. The SMILES string of the molecule is O=C(Nc1ccc(C[C@@](NC2=C(Br)C(=O)C23CCCCC3)(C(=O)O)C2CCCC2)cc1)c1c(Cl)cncc1Cl. The summed E-state index contributed by atoms with van der Waals surface area (Å²) < 4.78 is 0.486.